The van der Waals surface area contributed by atoms with Gasteiger partial charge < -0.3 is 24.2 Å². The summed E-state index contributed by atoms with van der Waals surface area (Å²) in [5, 5.41) is 9.45. The van der Waals surface area contributed by atoms with Crippen LogP contribution in [0.2, 0.25) is 0 Å². The first-order valence-corrected chi connectivity index (χ1v) is 10.1. The molecule has 1 aliphatic rings. The van der Waals surface area contributed by atoms with Gasteiger partial charge in [0.25, 0.3) is 5.79 Å². The lowest BCUT2D eigenvalue weighted by Gasteiger charge is -2.26. The van der Waals surface area contributed by atoms with E-state index < -0.39 is 11.8 Å². The van der Waals surface area contributed by atoms with Crippen molar-refractivity contribution in [1.29, 1.82) is 0 Å². The van der Waals surface area contributed by atoms with Crippen LogP contribution < -0.4 is 9.47 Å². The van der Waals surface area contributed by atoms with Crippen molar-refractivity contribution in [2.45, 2.75) is 32.5 Å². The van der Waals surface area contributed by atoms with E-state index in [-0.39, 0.29) is 6.42 Å². The number of ether oxygens (including phenoxy) is 3. The van der Waals surface area contributed by atoms with Gasteiger partial charge in [-0.3, -0.25) is 4.79 Å². The van der Waals surface area contributed by atoms with Gasteiger partial charge in [-0.1, -0.05) is 56.3 Å². The van der Waals surface area contributed by atoms with Gasteiger partial charge in [-0.2, -0.15) is 0 Å². The fourth-order valence-corrected chi connectivity index (χ4v) is 3.52. The van der Waals surface area contributed by atoms with Gasteiger partial charge in [-0.15, -0.1) is 0 Å². The Kier molecular flexibility index (Phi) is 7.12. The molecule has 6 heteroatoms. The Morgan fingerprint density at radius 2 is 1.79 bits per heavy atom. The molecule has 29 heavy (non-hydrogen) atoms. The van der Waals surface area contributed by atoms with Crippen LogP contribution in [0.4, 0.5) is 0 Å². The first-order chi connectivity index (χ1) is 14.1. The molecule has 0 saturated heterocycles. The predicted octanol–water partition coefficient (Wildman–Crippen LogP) is 3.69. The average Bonchev–Trinajstić information content (AvgIpc) is 3.11. The molecule has 0 saturated carbocycles. The summed E-state index contributed by atoms with van der Waals surface area (Å²) in [5.74, 6) is -1.17. The minimum atomic E-state index is -1.35. The zero-order valence-electron chi connectivity index (χ0n) is 17.1. The number of fused-ring (bicyclic) bond motifs is 1. The molecule has 0 aromatic heterocycles. The van der Waals surface area contributed by atoms with Gasteiger partial charge in [0.15, 0.2) is 11.5 Å². The van der Waals surface area contributed by atoms with E-state index in [2.05, 4.69) is 18.7 Å². The average molecular weight is 399 g/mol. The maximum absolute atomic E-state index is 11.5. The number of para-hydroxylation sites is 1. The molecule has 0 radical (unpaired) electrons. The van der Waals surface area contributed by atoms with Crippen molar-refractivity contribution in [3.63, 3.8) is 0 Å². The number of carboxylic acids is 1. The van der Waals surface area contributed by atoms with E-state index in [0.717, 1.165) is 25.2 Å². The number of rotatable bonds is 11. The molecule has 2 aromatic rings. The topological polar surface area (TPSA) is 68.2 Å². The summed E-state index contributed by atoms with van der Waals surface area (Å²) in [6.45, 7) is 8.48. The smallest absolute Gasteiger partial charge is 0.311 e. The number of hydrogen-bond acceptors (Lipinski definition) is 5. The van der Waals surface area contributed by atoms with Crippen molar-refractivity contribution in [3.05, 3.63) is 59.7 Å². The van der Waals surface area contributed by atoms with Crippen LogP contribution in [0, 0.1) is 0 Å². The molecule has 0 amide bonds. The number of benzene rings is 2. The maximum atomic E-state index is 11.5. The second-order valence-corrected chi connectivity index (χ2v) is 7.03. The van der Waals surface area contributed by atoms with E-state index in [1.165, 1.54) is 0 Å². The van der Waals surface area contributed by atoms with Crippen LogP contribution in [0.3, 0.4) is 0 Å². The summed E-state index contributed by atoms with van der Waals surface area (Å²) in [6, 6.07) is 14.9. The highest BCUT2D eigenvalue weighted by Gasteiger charge is 2.46. The molecule has 1 unspecified atom stereocenters. The Hall–Kier alpha value is -2.57. The Balaban J connectivity index is 1.69. The second kappa shape index (κ2) is 9.76. The fourth-order valence-electron chi connectivity index (χ4n) is 3.52. The summed E-state index contributed by atoms with van der Waals surface area (Å²) < 4.78 is 18.1. The molecule has 6 nitrogen and oxygen atoms in total. The van der Waals surface area contributed by atoms with Crippen molar-refractivity contribution in [3.8, 4) is 11.5 Å². The second-order valence-electron chi connectivity index (χ2n) is 7.03. The summed E-state index contributed by atoms with van der Waals surface area (Å²) >= 11 is 0. The van der Waals surface area contributed by atoms with Gasteiger partial charge in [-0.25, -0.2) is 0 Å². The minimum absolute atomic E-state index is 0.286. The molecular formula is C23H29NO5. The van der Waals surface area contributed by atoms with E-state index in [1.807, 2.05) is 48.5 Å². The van der Waals surface area contributed by atoms with Crippen LogP contribution in [-0.2, 0) is 21.7 Å². The van der Waals surface area contributed by atoms with Gasteiger partial charge in [-0.05, 0) is 25.6 Å². The zero-order valence-corrected chi connectivity index (χ0v) is 17.1. The standard InChI is InChI=1S/C23H29NO5/c1-3-24(4-2)14-16-27-15-13-18-9-8-12-20-22(18)29-23(28-20,17-21(25)26)19-10-6-5-7-11-19/h5-12H,3-4,13-17H2,1-2H3,(H,25,26). The van der Waals surface area contributed by atoms with Crippen molar-refractivity contribution in [1.82, 2.24) is 4.90 Å². The minimum Gasteiger partial charge on any atom is -0.481 e. The largest absolute Gasteiger partial charge is 0.481 e. The Bertz CT molecular complexity index is 806. The van der Waals surface area contributed by atoms with Gasteiger partial charge in [0.1, 0.15) is 6.42 Å². The summed E-state index contributed by atoms with van der Waals surface area (Å²) in [4.78, 5) is 13.9. The van der Waals surface area contributed by atoms with E-state index in [9.17, 15) is 9.90 Å². The first-order valence-electron chi connectivity index (χ1n) is 10.1. The Morgan fingerprint density at radius 3 is 2.48 bits per heavy atom. The Morgan fingerprint density at radius 1 is 1.03 bits per heavy atom. The van der Waals surface area contributed by atoms with Crippen LogP contribution in [0.5, 0.6) is 11.5 Å². The maximum Gasteiger partial charge on any atom is 0.311 e. The van der Waals surface area contributed by atoms with Gasteiger partial charge in [0.05, 0.1) is 13.2 Å². The van der Waals surface area contributed by atoms with Crippen LogP contribution in [0.15, 0.2) is 48.5 Å². The molecule has 0 spiro atoms. The lowest BCUT2D eigenvalue weighted by Crippen LogP contribution is -2.38. The number of carboxylic acid groups (broad SMARTS) is 1. The van der Waals surface area contributed by atoms with Crippen molar-refractivity contribution in [2.24, 2.45) is 0 Å². The molecule has 0 fully saturated rings. The number of aliphatic carboxylic acids is 1. The van der Waals surface area contributed by atoms with Gasteiger partial charge >= 0.3 is 5.97 Å². The quantitative estimate of drug-likeness (QED) is 0.582. The molecule has 156 valence electrons. The molecule has 0 aliphatic carbocycles. The summed E-state index contributed by atoms with van der Waals surface area (Å²) in [6.07, 6.45) is 0.383. The van der Waals surface area contributed by atoms with E-state index >= 15 is 0 Å². The predicted molar refractivity (Wildman–Crippen MR) is 110 cm³/mol. The lowest BCUT2D eigenvalue weighted by atomic mass is 10.0. The molecule has 3 rings (SSSR count). The van der Waals surface area contributed by atoms with Crippen molar-refractivity contribution < 1.29 is 24.1 Å². The number of likely N-dealkylation sites (N-methyl/N-ethyl adjacent to an activating group) is 1. The van der Waals surface area contributed by atoms with Gasteiger partial charge in [0.2, 0.25) is 0 Å². The summed E-state index contributed by atoms with van der Waals surface area (Å²) in [7, 11) is 0. The lowest BCUT2D eigenvalue weighted by molar-refractivity contribution is -0.154. The SMILES string of the molecule is CCN(CC)CCOCCc1cccc2c1OC(CC(=O)O)(c1ccccc1)O2. The fraction of sp³-hybridized carbons (Fsp3) is 0.435. The van der Waals surface area contributed by atoms with E-state index in [1.54, 1.807) is 0 Å². The molecular weight excluding hydrogens is 370 g/mol. The molecule has 1 atom stereocenters. The third-order valence-electron chi connectivity index (χ3n) is 5.16. The first kappa shape index (κ1) is 21.1. The molecule has 2 aromatic carbocycles. The van der Waals surface area contributed by atoms with Crippen molar-refractivity contribution in [2.75, 3.05) is 32.8 Å². The molecule has 1 heterocycles. The van der Waals surface area contributed by atoms with Crippen LogP contribution in [0.25, 0.3) is 0 Å². The summed E-state index contributed by atoms with van der Waals surface area (Å²) in [5.41, 5.74) is 1.63. The van der Waals surface area contributed by atoms with E-state index in [4.69, 9.17) is 14.2 Å². The number of hydrogen-bond donors (Lipinski definition) is 1. The highest BCUT2D eigenvalue weighted by molar-refractivity contribution is 5.69. The Labute approximate surface area is 172 Å². The van der Waals surface area contributed by atoms with Gasteiger partial charge in [0, 0.05) is 17.7 Å². The van der Waals surface area contributed by atoms with Crippen LogP contribution in [0.1, 0.15) is 31.4 Å². The monoisotopic (exact) mass is 399 g/mol. The normalized spacial score (nSPS) is 17.6. The highest BCUT2D eigenvalue weighted by Crippen LogP contribution is 2.47. The highest BCUT2D eigenvalue weighted by atomic mass is 16.7. The van der Waals surface area contributed by atoms with Crippen LogP contribution in [-0.4, -0.2) is 48.8 Å². The molecule has 1 aliphatic heterocycles. The van der Waals surface area contributed by atoms with Crippen molar-refractivity contribution >= 4 is 5.97 Å². The molecule has 1 N–H and O–H groups in total. The zero-order chi connectivity index (χ0) is 20.7. The van der Waals surface area contributed by atoms with E-state index in [0.29, 0.717) is 36.7 Å². The molecule has 0 bridgehead atoms. The number of nitrogens with zero attached hydrogens (tertiary/aromatic N) is 1. The van der Waals surface area contributed by atoms with Crippen LogP contribution >= 0.6 is 0 Å². The number of carbonyl (C=O) groups is 1. The third-order valence-corrected chi connectivity index (χ3v) is 5.16. The third kappa shape index (κ3) is 5.08.